The quantitative estimate of drug-likeness (QED) is 0.454. The lowest BCUT2D eigenvalue weighted by Gasteiger charge is -2.38. The number of unbranched alkanes of at least 4 members (excludes halogenated alkanes) is 3. The summed E-state index contributed by atoms with van der Waals surface area (Å²) < 4.78 is 36.8. The summed E-state index contributed by atoms with van der Waals surface area (Å²) in [7, 11) is -4.87. The maximum atomic E-state index is 6.16. The maximum absolute atomic E-state index is 6.16. The summed E-state index contributed by atoms with van der Waals surface area (Å²) in [5, 5.41) is 0. The smallest absolute Gasteiger partial charge is 0.373 e. The zero-order valence-corrected chi connectivity index (χ0v) is 19.2. The van der Waals surface area contributed by atoms with Crippen LogP contribution in [0.2, 0.25) is 12.1 Å². The van der Waals surface area contributed by atoms with Gasteiger partial charge in [0.05, 0.1) is 19.8 Å². The standard InChI is InChI=1S/C19H37NO6Si2/c1(3-17-27-21-11-5-19(6-12-22-27)7-13-23-27)2-4-18-28-24-14-8-20(9-15-25-28)10-16-26-28/h19H,1-18H2. The van der Waals surface area contributed by atoms with Crippen LogP contribution in [0.3, 0.4) is 0 Å². The van der Waals surface area contributed by atoms with Crippen molar-refractivity contribution in [3.8, 4) is 0 Å². The van der Waals surface area contributed by atoms with E-state index in [-0.39, 0.29) is 0 Å². The van der Waals surface area contributed by atoms with E-state index in [1.165, 1.54) is 32.1 Å². The van der Waals surface area contributed by atoms with Gasteiger partial charge in [0.15, 0.2) is 0 Å². The van der Waals surface area contributed by atoms with E-state index in [0.717, 1.165) is 84.2 Å². The van der Waals surface area contributed by atoms with Gasteiger partial charge in [-0.25, -0.2) is 0 Å². The monoisotopic (exact) mass is 431 g/mol. The van der Waals surface area contributed by atoms with E-state index in [0.29, 0.717) is 5.92 Å². The molecule has 6 aliphatic rings. The van der Waals surface area contributed by atoms with Gasteiger partial charge in [-0.3, -0.25) is 4.90 Å². The normalized spacial score (nSPS) is 39.4. The van der Waals surface area contributed by atoms with Crippen LogP contribution in [0.1, 0.15) is 44.9 Å². The number of fused-ring (bicyclic) bond motifs is 12. The minimum absolute atomic E-state index is 0.715. The van der Waals surface area contributed by atoms with Crippen molar-refractivity contribution in [2.45, 2.75) is 57.0 Å². The van der Waals surface area contributed by atoms with Crippen LogP contribution in [-0.2, 0) is 26.6 Å². The molecule has 0 unspecified atom stereocenters. The van der Waals surface area contributed by atoms with Crippen LogP contribution in [0.15, 0.2) is 0 Å². The molecule has 0 atom stereocenters. The first kappa shape index (κ1) is 21.4. The van der Waals surface area contributed by atoms with Crippen molar-refractivity contribution in [1.82, 2.24) is 4.90 Å². The lowest BCUT2D eigenvalue weighted by atomic mass is 9.99. The Labute approximate surface area is 171 Å². The third-order valence-electron chi connectivity index (χ3n) is 6.45. The van der Waals surface area contributed by atoms with E-state index < -0.39 is 17.6 Å². The van der Waals surface area contributed by atoms with Crippen LogP contribution in [0.4, 0.5) is 0 Å². The number of rotatable bonds is 7. The molecule has 6 heterocycles. The fourth-order valence-electron chi connectivity index (χ4n) is 4.62. The molecule has 0 spiro atoms. The van der Waals surface area contributed by atoms with Crippen LogP contribution in [-0.4, -0.2) is 81.8 Å². The van der Waals surface area contributed by atoms with E-state index in [1.54, 1.807) is 0 Å². The second-order valence-corrected chi connectivity index (χ2v) is 13.9. The molecule has 6 saturated heterocycles. The van der Waals surface area contributed by atoms with Crippen molar-refractivity contribution in [2.24, 2.45) is 5.92 Å². The molecular formula is C19H37NO6Si2. The van der Waals surface area contributed by atoms with E-state index in [9.17, 15) is 0 Å². The Bertz CT molecular complexity index is 390. The topological polar surface area (TPSA) is 58.6 Å². The third-order valence-corrected chi connectivity index (χ3v) is 12.2. The Hall–Kier alpha value is 0.154. The van der Waals surface area contributed by atoms with Gasteiger partial charge in [-0.2, -0.15) is 0 Å². The summed E-state index contributed by atoms with van der Waals surface area (Å²) in [5.74, 6) is 0.715. The van der Waals surface area contributed by atoms with Crippen molar-refractivity contribution in [3.63, 3.8) is 0 Å². The van der Waals surface area contributed by atoms with Crippen molar-refractivity contribution < 1.29 is 26.6 Å². The SMILES string of the molecule is C(CCC[Si]12OCCN(CCO1)CCO2)CC[Si]12OCCC(CCO1)CCO2. The first-order chi connectivity index (χ1) is 13.8. The van der Waals surface area contributed by atoms with Gasteiger partial charge in [0, 0.05) is 51.5 Å². The van der Waals surface area contributed by atoms with Crippen molar-refractivity contribution in [3.05, 3.63) is 0 Å². The third kappa shape index (κ3) is 5.86. The first-order valence-corrected chi connectivity index (χ1v) is 15.2. The highest BCUT2D eigenvalue weighted by Crippen LogP contribution is 2.30. The second kappa shape index (κ2) is 10.5. The van der Waals surface area contributed by atoms with Gasteiger partial charge in [0.25, 0.3) is 0 Å². The van der Waals surface area contributed by atoms with Crippen LogP contribution in [0.5, 0.6) is 0 Å². The molecule has 0 aromatic carbocycles. The Morgan fingerprint density at radius 2 is 0.929 bits per heavy atom. The van der Waals surface area contributed by atoms with Crippen LogP contribution in [0, 0.1) is 5.92 Å². The van der Waals surface area contributed by atoms with Gasteiger partial charge < -0.3 is 26.6 Å². The first-order valence-electron chi connectivity index (χ1n) is 11.3. The molecule has 0 N–H and O–H groups in total. The maximum Gasteiger partial charge on any atom is 0.501 e. The number of hydrogen-bond acceptors (Lipinski definition) is 7. The Morgan fingerprint density at radius 1 is 0.536 bits per heavy atom. The van der Waals surface area contributed by atoms with Crippen molar-refractivity contribution in [1.29, 1.82) is 0 Å². The average Bonchev–Trinajstić information content (AvgIpc) is 2.58. The van der Waals surface area contributed by atoms with Gasteiger partial charge in [-0.15, -0.1) is 0 Å². The number of hydrogen-bond donors (Lipinski definition) is 0. The van der Waals surface area contributed by atoms with Crippen molar-refractivity contribution >= 4 is 17.6 Å². The molecule has 4 bridgehead atoms. The average molecular weight is 432 g/mol. The van der Waals surface area contributed by atoms with Crippen LogP contribution < -0.4 is 0 Å². The van der Waals surface area contributed by atoms with Crippen molar-refractivity contribution in [2.75, 3.05) is 59.3 Å². The van der Waals surface area contributed by atoms with Gasteiger partial charge in [0.1, 0.15) is 0 Å². The molecule has 6 rings (SSSR count). The molecule has 0 amide bonds. The molecule has 6 fully saturated rings. The molecule has 0 radical (unpaired) electrons. The highest BCUT2D eigenvalue weighted by atomic mass is 28.4. The molecule has 6 aliphatic heterocycles. The summed E-state index contributed by atoms with van der Waals surface area (Å²) in [5.41, 5.74) is 0. The summed E-state index contributed by atoms with van der Waals surface area (Å²) >= 11 is 0. The molecule has 162 valence electrons. The predicted molar refractivity (Wildman–Crippen MR) is 109 cm³/mol. The van der Waals surface area contributed by atoms with Crippen LogP contribution >= 0.6 is 0 Å². The van der Waals surface area contributed by atoms with Gasteiger partial charge in [-0.05, 0) is 38.0 Å². The van der Waals surface area contributed by atoms with E-state index >= 15 is 0 Å². The molecule has 9 heteroatoms. The minimum atomic E-state index is -2.45. The molecule has 0 aromatic rings. The number of nitrogens with zero attached hydrogens (tertiary/aromatic N) is 1. The molecule has 0 aliphatic carbocycles. The predicted octanol–water partition coefficient (Wildman–Crippen LogP) is 2.67. The Kier molecular flexibility index (Phi) is 7.98. The Morgan fingerprint density at radius 3 is 1.36 bits per heavy atom. The van der Waals surface area contributed by atoms with Crippen LogP contribution in [0.25, 0.3) is 0 Å². The molecule has 0 saturated carbocycles. The largest absolute Gasteiger partial charge is 0.501 e. The summed E-state index contributed by atoms with van der Waals surface area (Å²) in [6.45, 7) is 7.70. The van der Waals surface area contributed by atoms with Gasteiger partial charge in [0.2, 0.25) is 0 Å². The summed E-state index contributed by atoms with van der Waals surface area (Å²) in [6.07, 6.45) is 8.08. The highest BCUT2D eigenvalue weighted by molar-refractivity contribution is 6.61. The van der Waals surface area contributed by atoms with Gasteiger partial charge >= 0.3 is 17.6 Å². The van der Waals surface area contributed by atoms with E-state index in [4.69, 9.17) is 26.6 Å². The zero-order valence-electron chi connectivity index (χ0n) is 17.2. The zero-order chi connectivity index (χ0) is 19.1. The van der Waals surface area contributed by atoms with E-state index in [1.807, 2.05) is 0 Å². The van der Waals surface area contributed by atoms with E-state index in [2.05, 4.69) is 4.90 Å². The Balaban J connectivity index is 1.17. The minimum Gasteiger partial charge on any atom is -0.373 e. The lowest BCUT2D eigenvalue weighted by Crippen LogP contribution is -2.54. The fraction of sp³-hybridized carbons (Fsp3) is 1.00. The second-order valence-electron chi connectivity index (χ2n) is 8.44. The summed E-state index contributed by atoms with van der Waals surface area (Å²) in [4.78, 5) is 2.36. The van der Waals surface area contributed by atoms with Gasteiger partial charge in [-0.1, -0.05) is 12.8 Å². The molecule has 0 aromatic heterocycles. The lowest BCUT2D eigenvalue weighted by molar-refractivity contribution is -0.00867. The summed E-state index contributed by atoms with van der Waals surface area (Å²) in [6, 6.07) is 1.90. The molecule has 7 nitrogen and oxygen atoms in total. The highest BCUT2D eigenvalue weighted by Gasteiger charge is 2.44. The fourth-order valence-corrected chi connectivity index (χ4v) is 9.85. The molecular weight excluding hydrogens is 394 g/mol. The molecule has 28 heavy (non-hydrogen) atoms.